The fourth-order valence-corrected chi connectivity index (χ4v) is 5.21. The number of rotatable bonds is 5. The zero-order valence-corrected chi connectivity index (χ0v) is 16.1. The topological polar surface area (TPSA) is 112 Å². The first-order valence-corrected chi connectivity index (χ1v) is 9.84. The molecule has 8 atom stereocenters. The van der Waals surface area contributed by atoms with E-state index >= 15 is 0 Å². The maximum atomic E-state index is 12.0. The van der Waals surface area contributed by atoms with Gasteiger partial charge in [-0.1, -0.05) is 13.8 Å². The molecule has 1 saturated carbocycles. The number of carbonyl (C=O) groups excluding carboxylic acids is 1. The fourth-order valence-electron chi connectivity index (χ4n) is 5.21. The summed E-state index contributed by atoms with van der Waals surface area (Å²) in [5.74, 6) is -1.53. The van der Waals surface area contributed by atoms with Crippen LogP contribution in [-0.4, -0.2) is 46.6 Å². The molecule has 2 aliphatic heterocycles. The Morgan fingerprint density at radius 3 is 2.41 bits per heavy atom. The molecule has 0 bridgehead atoms. The average molecular weight is 386 g/mol. The first-order chi connectivity index (χ1) is 12.8. The van der Waals surface area contributed by atoms with Crippen molar-refractivity contribution in [1.82, 2.24) is 0 Å². The van der Waals surface area contributed by atoms with Crippen molar-refractivity contribution in [3.05, 3.63) is 0 Å². The molecule has 2 saturated heterocycles. The van der Waals surface area contributed by atoms with Crippen LogP contribution in [0.15, 0.2) is 0 Å². The molecule has 3 rings (SSSR count). The lowest BCUT2D eigenvalue weighted by atomic mass is 9.58. The largest absolute Gasteiger partial charge is 0.481 e. The van der Waals surface area contributed by atoms with E-state index < -0.39 is 30.1 Å². The smallest absolute Gasteiger partial charge is 0.308 e. The average Bonchev–Trinajstić information content (AvgIpc) is 2.76. The maximum absolute atomic E-state index is 12.0. The van der Waals surface area contributed by atoms with Crippen molar-refractivity contribution in [1.29, 1.82) is 0 Å². The molecule has 3 fully saturated rings. The van der Waals surface area contributed by atoms with Crippen LogP contribution in [0.1, 0.15) is 59.3 Å². The number of carbonyl (C=O) groups is 2. The minimum absolute atomic E-state index is 0.0720. The van der Waals surface area contributed by atoms with Crippen LogP contribution < -0.4 is 0 Å². The predicted octanol–water partition coefficient (Wildman–Crippen LogP) is 2.80. The molecule has 0 aromatic heterocycles. The Balaban J connectivity index is 1.84. The third-order valence-corrected chi connectivity index (χ3v) is 6.66. The maximum Gasteiger partial charge on any atom is 0.308 e. The molecule has 1 aliphatic carbocycles. The minimum Gasteiger partial charge on any atom is -0.481 e. The highest BCUT2D eigenvalue weighted by atomic mass is 17.1. The summed E-state index contributed by atoms with van der Waals surface area (Å²) < 4.78 is 17.5. The molecule has 27 heavy (non-hydrogen) atoms. The molecule has 0 aromatic rings. The quantitative estimate of drug-likeness (QED) is 0.421. The zero-order chi connectivity index (χ0) is 19.8. The molecule has 0 spiro atoms. The van der Waals surface area contributed by atoms with Crippen molar-refractivity contribution in [3.63, 3.8) is 0 Å². The van der Waals surface area contributed by atoms with Crippen molar-refractivity contribution in [2.45, 2.75) is 83.6 Å². The fraction of sp³-hybridized carbons (Fsp3) is 0.895. The summed E-state index contributed by atoms with van der Waals surface area (Å²) in [5, 5.41) is 18.7. The molecule has 2 N–H and O–H groups in total. The van der Waals surface area contributed by atoms with E-state index in [1.54, 1.807) is 0 Å². The van der Waals surface area contributed by atoms with Crippen LogP contribution in [0.5, 0.6) is 0 Å². The van der Waals surface area contributed by atoms with Gasteiger partial charge in [0.15, 0.2) is 11.9 Å². The summed E-state index contributed by atoms with van der Waals surface area (Å²) in [6.07, 6.45) is 1.23. The lowest BCUT2D eigenvalue weighted by molar-refractivity contribution is -0.457. The van der Waals surface area contributed by atoms with Gasteiger partial charge in [-0.3, -0.25) is 14.8 Å². The van der Waals surface area contributed by atoms with E-state index in [1.165, 1.54) is 0 Å². The van der Waals surface area contributed by atoms with Gasteiger partial charge in [0, 0.05) is 11.8 Å². The Bertz CT molecular complexity index is 566. The van der Waals surface area contributed by atoms with Gasteiger partial charge in [0.25, 0.3) is 0 Å². The van der Waals surface area contributed by atoms with Crippen LogP contribution in [0, 0.1) is 23.7 Å². The van der Waals surface area contributed by atoms with Crippen LogP contribution in [-0.2, 0) is 28.7 Å². The number of hydrogen-bond donors (Lipinski definition) is 2. The third kappa shape index (κ3) is 3.72. The number of aliphatic carboxylic acids is 1. The van der Waals surface area contributed by atoms with Crippen LogP contribution in [0.4, 0.5) is 0 Å². The van der Waals surface area contributed by atoms with Crippen molar-refractivity contribution in [2.75, 3.05) is 0 Å². The molecule has 0 aromatic carbocycles. The Labute approximate surface area is 159 Å². The first kappa shape index (κ1) is 20.5. The second kappa shape index (κ2) is 8.03. The molecule has 0 amide bonds. The van der Waals surface area contributed by atoms with Gasteiger partial charge in [-0.2, -0.15) is 0 Å². The molecular formula is C19H30O8. The van der Waals surface area contributed by atoms with Gasteiger partial charge in [0.05, 0.1) is 18.9 Å². The number of esters is 1. The highest BCUT2D eigenvalue weighted by Gasteiger charge is 2.65. The monoisotopic (exact) mass is 386 g/mol. The van der Waals surface area contributed by atoms with Gasteiger partial charge in [-0.15, -0.1) is 0 Å². The molecule has 154 valence electrons. The van der Waals surface area contributed by atoms with E-state index in [4.69, 9.17) is 24.2 Å². The lowest BCUT2D eigenvalue weighted by Crippen LogP contribution is -2.67. The molecule has 8 nitrogen and oxygen atoms in total. The summed E-state index contributed by atoms with van der Waals surface area (Å²) >= 11 is 0. The van der Waals surface area contributed by atoms with Crippen LogP contribution in [0.3, 0.4) is 0 Å². The molecule has 3 aliphatic rings. The molecule has 0 radical (unpaired) electrons. The highest BCUT2D eigenvalue weighted by molar-refractivity contribution is 5.76. The summed E-state index contributed by atoms with van der Waals surface area (Å²) in [7, 11) is 0. The van der Waals surface area contributed by atoms with Gasteiger partial charge in [-0.25, -0.2) is 4.89 Å². The Morgan fingerprint density at radius 1 is 1.04 bits per heavy atom. The normalized spacial score (nSPS) is 44.1. The summed E-state index contributed by atoms with van der Waals surface area (Å²) in [6, 6.07) is 0. The van der Waals surface area contributed by atoms with Crippen molar-refractivity contribution in [2.24, 2.45) is 23.7 Å². The van der Waals surface area contributed by atoms with E-state index in [0.717, 1.165) is 25.7 Å². The summed E-state index contributed by atoms with van der Waals surface area (Å²) in [5.41, 5.74) is -0.980. The SMILES string of the molecule is CC1CC[C@H]2[C@H](C)CC[C@H]3[C@@H](C)[C@H](OC(=O)CCC(=O)O)O[C@H](O1)[C@]32OO. The standard InChI is InChI=1S/C19H30O8/c1-10-4-6-14-12(3)17(25-16(22)9-8-15(20)21)26-18-19(14,27-23)13(10)7-5-11(2)24-18/h10-14,17-18,23H,4-9H2,1-3H3,(H,20,21)/t10-,11?,12-,13+,14+,17-,18+,19-/m1/s1. The molecule has 1 unspecified atom stereocenters. The van der Waals surface area contributed by atoms with Gasteiger partial charge >= 0.3 is 11.9 Å². The summed E-state index contributed by atoms with van der Waals surface area (Å²) in [6.45, 7) is 6.03. The first-order valence-electron chi connectivity index (χ1n) is 9.84. The van der Waals surface area contributed by atoms with E-state index in [2.05, 4.69) is 6.92 Å². The van der Waals surface area contributed by atoms with Crippen LogP contribution >= 0.6 is 0 Å². The molecule has 8 heteroatoms. The number of hydrogen-bond acceptors (Lipinski definition) is 7. The molecular weight excluding hydrogens is 356 g/mol. The lowest BCUT2D eigenvalue weighted by Gasteiger charge is -2.57. The Hall–Kier alpha value is -1.22. The minimum atomic E-state index is -1.05. The van der Waals surface area contributed by atoms with E-state index in [-0.39, 0.29) is 36.7 Å². The summed E-state index contributed by atoms with van der Waals surface area (Å²) in [4.78, 5) is 27.9. The number of carboxylic acids is 1. The van der Waals surface area contributed by atoms with Crippen LogP contribution in [0.25, 0.3) is 0 Å². The van der Waals surface area contributed by atoms with Crippen molar-refractivity contribution >= 4 is 11.9 Å². The second-order valence-corrected chi connectivity index (χ2v) is 8.32. The van der Waals surface area contributed by atoms with E-state index in [9.17, 15) is 14.8 Å². The highest BCUT2D eigenvalue weighted by Crippen LogP contribution is 2.56. The van der Waals surface area contributed by atoms with Gasteiger partial charge < -0.3 is 19.3 Å². The third-order valence-electron chi connectivity index (χ3n) is 6.66. The predicted molar refractivity (Wildman–Crippen MR) is 92.4 cm³/mol. The van der Waals surface area contributed by atoms with Crippen molar-refractivity contribution in [3.8, 4) is 0 Å². The van der Waals surface area contributed by atoms with E-state index in [1.807, 2.05) is 13.8 Å². The van der Waals surface area contributed by atoms with Crippen LogP contribution in [0.2, 0.25) is 0 Å². The number of carboxylic acid groups (broad SMARTS) is 1. The Morgan fingerprint density at radius 2 is 1.74 bits per heavy atom. The molecule has 2 heterocycles. The van der Waals surface area contributed by atoms with Gasteiger partial charge in [0.1, 0.15) is 0 Å². The van der Waals surface area contributed by atoms with Gasteiger partial charge in [-0.05, 0) is 44.4 Å². The van der Waals surface area contributed by atoms with Crippen molar-refractivity contribution < 1.29 is 39.1 Å². The Kier molecular flexibility index (Phi) is 6.10. The van der Waals surface area contributed by atoms with E-state index in [0.29, 0.717) is 5.92 Å². The second-order valence-electron chi connectivity index (χ2n) is 8.32. The zero-order valence-electron chi connectivity index (χ0n) is 16.1. The number of ether oxygens (including phenoxy) is 3. The van der Waals surface area contributed by atoms with Gasteiger partial charge in [0.2, 0.25) is 6.29 Å².